The van der Waals surface area contributed by atoms with Crippen LogP contribution < -0.4 is 22.3 Å². The number of rotatable bonds is 10. The number of hydrogen-bond acceptors (Lipinski definition) is 6. The van der Waals surface area contributed by atoms with E-state index in [0.29, 0.717) is 5.82 Å². The van der Waals surface area contributed by atoms with Crippen LogP contribution >= 0.6 is 0 Å². The maximum Gasteiger partial charge on any atom is 0.326 e. The molecular weight excluding hydrogens is 326 g/mol. The Balaban J connectivity index is 0.00000576. The predicted octanol–water partition coefficient (Wildman–Crippen LogP) is 1.40. The first-order valence-electron chi connectivity index (χ1n) is 7.92. The number of anilines is 1. The fourth-order valence-electron chi connectivity index (χ4n) is 2.00. The molecule has 0 saturated heterocycles. The summed E-state index contributed by atoms with van der Waals surface area (Å²) in [6, 6.07) is 2.63. The number of nitrogens with zero attached hydrogens (tertiary/aromatic N) is 1. The first-order chi connectivity index (χ1) is 11.4. The average molecular weight is 353 g/mol. The number of unbranched alkanes of at least 4 members (excludes halogenated alkanes) is 1. The monoisotopic (exact) mass is 353 g/mol. The van der Waals surface area contributed by atoms with Crippen LogP contribution in [0.5, 0.6) is 0 Å². The van der Waals surface area contributed by atoms with Crippen LogP contribution in [0.2, 0.25) is 0 Å². The Labute approximate surface area is 147 Å². The van der Waals surface area contributed by atoms with E-state index in [-0.39, 0.29) is 24.9 Å². The summed E-state index contributed by atoms with van der Waals surface area (Å²) in [4.78, 5) is 37.8. The van der Waals surface area contributed by atoms with Gasteiger partial charge in [0, 0.05) is 19.5 Å². The fourth-order valence-corrected chi connectivity index (χ4v) is 2.00. The van der Waals surface area contributed by atoms with Gasteiger partial charge in [-0.2, -0.15) is 0 Å². The molecule has 0 aliphatic rings. The zero-order valence-electron chi connectivity index (χ0n) is 14.7. The maximum atomic E-state index is 11.7. The van der Waals surface area contributed by atoms with Crippen molar-refractivity contribution in [2.45, 2.75) is 52.0 Å². The highest BCUT2D eigenvalue weighted by Gasteiger charge is 2.19. The molecule has 0 radical (unpaired) electrons. The van der Waals surface area contributed by atoms with Gasteiger partial charge >= 0.3 is 5.97 Å². The summed E-state index contributed by atoms with van der Waals surface area (Å²) in [5.74, 6) is -1.51. The summed E-state index contributed by atoms with van der Waals surface area (Å²) in [6.07, 6.45) is 4.90. The number of aromatic nitrogens is 1. The van der Waals surface area contributed by atoms with Crippen LogP contribution in [0.15, 0.2) is 18.3 Å². The molecular formula is C16H27N5O4. The first kappa shape index (κ1) is 22.3. The SMILES string of the molecule is CCCCc1ccc(NNC(=O)CCC(NC(C)=O)C(=O)O)nc1.N. The molecule has 7 N–H and O–H groups in total. The number of hydrazine groups is 1. The van der Waals surface area contributed by atoms with Gasteiger partial charge in [0.15, 0.2) is 0 Å². The van der Waals surface area contributed by atoms with Crippen molar-refractivity contribution in [1.82, 2.24) is 21.9 Å². The van der Waals surface area contributed by atoms with E-state index in [1.54, 1.807) is 12.3 Å². The molecule has 140 valence electrons. The molecule has 0 fully saturated rings. The number of pyridine rings is 1. The lowest BCUT2D eigenvalue weighted by Crippen LogP contribution is -2.41. The fraction of sp³-hybridized carbons (Fsp3) is 0.500. The lowest BCUT2D eigenvalue weighted by atomic mass is 10.1. The van der Waals surface area contributed by atoms with Gasteiger partial charge in [0.25, 0.3) is 0 Å². The predicted molar refractivity (Wildman–Crippen MR) is 94.1 cm³/mol. The molecule has 0 bridgehead atoms. The van der Waals surface area contributed by atoms with Crippen LogP contribution in [0.25, 0.3) is 0 Å². The number of carbonyl (C=O) groups is 3. The van der Waals surface area contributed by atoms with Crippen molar-refractivity contribution in [2.24, 2.45) is 0 Å². The van der Waals surface area contributed by atoms with Gasteiger partial charge in [-0.3, -0.25) is 20.4 Å². The van der Waals surface area contributed by atoms with Crippen molar-refractivity contribution in [1.29, 1.82) is 0 Å². The Morgan fingerprint density at radius 3 is 2.52 bits per heavy atom. The van der Waals surface area contributed by atoms with Crippen LogP contribution in [-0.4, -0.2) is 33.9 Å². The van der Waals surface area contributed by atoms with Gasteiger partial charge < -0.3 is 16.6 Å². The highest BCUT2D eigenvalue weighted by Crippen LogP contribution is 2.07. The smallest absolute Gasteiger partial charge is 0.326 e. The van der Waals surface area contributed by atoms with Crippen molar-refractivity contribution in [3.63, 3.8) is 0 Å². The summed E-state index contributed by atoms with van der Waals surface area (Å²) in [5.41, 5.74) is 6.26. The largest absolute Gasteiger partial charge is 0.480 e. The third-order valence-corrected chi connectivity index (χ3v) is 3.31. The Bertz CT molecular complexity index is 562. The van der Waals surface area contributed by atoms with Gasteiger partial charge in [-0.15, -0.1) is 0 Å². The second-order valence-corrected chi connectivity index (χ2v) is 5.46. The van der Waals surface area contributed by atoms with Crippen molar-refractivity contribution < 1.29 is 19.5 Å². The number of nitrogens with one attached hydrogen (secondary N) is 3. The summed E-state index contributed by atoms with van der Waals surface area (Å²) in [6.45, 7) is 3.35. The van der Waals surface area contributed by atoms with Gasteiger partial charge in [-0.25, -0.2) is 9.78 Å². The number of carbonyl (C=O) groups excluding carboxylic acids is 2. The van der Waals surface area contributed by atoms with Gasteiger partial charge in [0.05, 0.1) is 0 Å². The van der Waals surface area contributed by atoms with E-state index in [0.717, 1.165) is 24.8 Å². The highest BCUT2D eigenvalue weighted by molar-refractivity contribution is 5.83. The number of aliphatic carboxylic acids is 1. The maximum absolute atomic E-state index is 11.7. The van der Waals surface area contributed by atoms with Crippen LogP contribution in [0.1, 0.15) is 45.1 Å². The van der Waals surface area contributed by atoms with Gasteiger partial charge in [0.1, 0.15) is 11.9 Å². The topological polar surface area (TPSA) is 155 Å². The number of carboxylic acid groups (broad SMARTS) is 1. The minimum Gasteiger partial charge on any atom is -0.480 e. The third kappa shape index (κ3) is 9.26. The number of hydrogen-bond donors (Lipinski definition) is 5. The normalized spacial score (nSPS) is 11.0. The van der Waals surface area contributed by atoms with E-state index >= 15 is 0 Å². The van der Waals surface area contributed by atoms with Crippen LogP contribution in [0.4, 0.5) is 5.82 Å². The second kappa shape index (κ2) is 11.8. The van der Waals surface area contributed by atoms with E-state index in [9.17, 15) is 14.4 Å². The van der Waals surface area contributed by atoms with E-state index in [2.05, 4.69) is 28.1 Å². The molecule has 2 amide bonds. The van der Waals surface area contributed by atoms with Crippen molar-refractivity contribution in [2.75, 3.05) is 5.43 Å². The molecule has 0 spiro atoms. The molecule has 0 aliphatic carbocycles. The van der Waals surface area contributed by atoms with Gasteiger partial charge in [-0.1, -0.05) is 19.4 Å². The average Bonchev–Trinajstić information content (AvgIpc) is 2.55. The zero-order chi connectivity index (χ0) is 17.9. The number of aryl methyl sites for hydroxylation is 1. The molecule has 9 nitrogen and oxygen atoms in total. The quantitative estimate of drug-likeness (QED) is 0.398. The summed E-state index contributed by atoms with van der Waals surface area (Å²) < 4.78 is 0. The summed E-state index contributed by atoms with van der Waals surface area (Å²) >= 11 is 0. The first-order valence-corrected chi connectivity index (χ1v) is 7.92. The van der Waals surface area contributed by atoms with Crippen LogP contribution in [0.3, 0.4) is 0 Å². The summed E-state index contributed by atoms with van der Waals surface area (Å²) in [7, 11) is 0. The minimum atomic E-state index is -1.17. The number of carboxylic acids is 1. The van der Waals surface area contributed by atoms with Crippen molar-refractivity contribution in [3.8, 4) is 0 Å². The molecule has 9 heteroatoms. The van der Waals surface area contributed by atoms with E-state index in [1.807, 2.05) is 6.07 Å². The Hall–Kier alpha value is -2.68. The molecule has 1 aromatic rings. The molecule has 1 heterocycles. The second-order valence-electron chi connectivity index (χ2n) is 5.46. The molecule has 25 heavy (non-hydrogen) atoms. The minimum absolute atomic E-state index is 0. The molecule has 0 saturated carbocycles. The van der Waals surface area contributed by atoms with E-state index in [4.69, 9.17) is 5.11 Å². The Morgan fingerprint density at radius 2 is 2.00 bits per heavy atom. The third-order valence-electron chi connectivity index (χ3n) is 3.31. The molecule has 0 aromatic carbocycles. The molecule has 1 rings (SSSR count). The van der Waals surface area contributed by atoms with Crippen LogP contribution in [-0.2, 0) is 20.8 Å². The molecule has 0 aliphatic heterocycles. The Morgan fingerprint density at radius 1 is 1.28 bits per heavy atom. The van der Waals surface area contributed by atoms with E-state index in [1.165, 1.54) is 6.92 Å². The zero-order valence-corrected chi connectivity index (χ0v) is 14.7. The van der Waals surface area contributed by atoms with Crippen molar-refractivity contribution >= 4 is 23.6 Å². The lowest BCUT2D eigenvalue weighted by molar-refractivity contribution is -0.141. The molecule has 1 atom stereocenters. The highest BCUT2D eigenvalue weighted by atomic mass is 16.4. The van der Waals surface area contributed by atoms with Gasteiger partial charge in [0.2, 0.25) is 11.8 Å². The Kier molecular flexibility index (Phi) is 10.5. The molecule has 1 unspecified atom stereocenters. The van der Waals surface area contributed by atoms with Crippen molar-refractivity contribution in [3.05, 3.63) is 23.9 Å². The molecule has 1 aromatic heterocycles. The standard InChI is InChI=1S/C16H24N4O4.H3N/c1-3-4-5-12-6-8-14(17-10-12)19-20-15(22)9-7-13(16(23)24)18-11(2)21;/h6,8,10,13H,3-5,7,9H2,1-2H3,(H,17,19)(H,18,21)(H,20,22)(H,23,24);1H3. The van der Waals surface area contributed by atoms with Gasteiger partial charge in [-0.05, 0) is 30.9 Å². The van der Waals surface area contributed by atoms with Crippen LogP contribution in [0, 0.1) is 0 Å². The summed E-state index contributed by atoms with van der Waals surface area (Å²) in [5, 5.41) is 11.2. The lowest BCUT2D eigenvalue weighted by Gasteiger charge is -2.13. The number of amides is 2. The van der Waals surface area contributed by atoms with E-state index < -0.39 is 17.9 Å².